The molecule has 0 amide bonds. The van der Waals surface area contributed by atoms with E-state index in [0.717, 1.165) is 5.69 Å². The molecule has 0 aliphatic rings. The fourth-order valence-corrected chi connectivity index (χ4v) is 2.91. The lowest BCUT2D eigenvalue weighted by atomic mass is 9.97. The summed E-state index contributed by atoms with van der Waals surface area (Å²) >= 11 is 5.52. The number of aryl methyl sites for hydroxylation is 1. The van der Waals surface area contributed by atoms with Gasteiger partial charge < -0.3 is 10.6 Å². The molecule has 3 aromatic rings. The van der Waals surface area contributed by atoms with Crippen molar-refractivity contribution in [2.24, 2.45) is 0 Å². The Labute approximate surface area is 148 Å². The third kappa shape index (κ3) is 4.21. The van der Waals surface area contributed by atoms with Crippen LogP contribution in [0.2, 0.25) is 0 Å². The minimum Gasteiger partial charge on any atom is -0.352 e. The SMILES string of the molecule is Cc1cccc([C@@H](NC(=S)Nc2ccccc2)c2ccccc2)c1. The maximum Gasteiger partial charge on any atom is 0.171 e. The Morgan fingerprint density at radius 2 is 1.42 bits per heavy atom. The first-order chi connectivity index (χ1) is 11.7. The highest BCUT2D eigenvalue weighted by Gasteiger charge is 2.15. The third-order valence-electron chi connectivity index (χ3n) is 3.82. The number of nitrogens with one attached hydrogen (secondary N) is 2. The van der Waals surface area contributed by atoms with Crippen molar-refractivity contribution in [2.45, 2.75) is 13.0 Å². The molecule has 0 saturated heterocycles. The van der Waals surface area contributed by atoms with Crippen molar-refractivity contribution in [3.63, 3.8) is 0 Å². The number of para-hydroxylation sites is 1. The third-order valence-corrected chi connectivity index (χ3v) is 4.04. The number of benzene rings is 3. The van der Waals surface area contributed by atoms with Crippen LogP contribution in [-0.4, -0.2) is 5.11 Å². The summed E-state index contributed by atoms with van der Waals surface area (Å²) in [4.78, 5) is 0. The summed E-state index contributed by atoms with van der Waals surface area (Å²) in [6.45, 7) is 2.10. The molecular formula is C21H20N2S. The van der Waals surface area contributed by atoms with Gasteiger partial charge in [-0.25, -0.2) is 0 Å². The summed E-state index contributed by atoms with van der Waals surface area (Å²) in [5.41, 5.74) is 4.59. The van der Waals surface area contributed by atoms with E-state index < -0.39 is 0 Å². The highest BCUT2D eigenvalue weighted by atomic mass is 32.1. The second kappa shape index (κ2) is 7.75. The summed E-state index contributed by atoms with van der Waals surface area (Å²) in [6.07, 6.45) is 0. The van der Waals surface area contributed by atoms with E-state index in [1.807, 2.05) is 48.5 Å². The second-order valence-electron chi connectivity index (χ2n) is 5.72. The number of rotatable bonds is 4. The predicted molar refractivity (Wildman–Crippen MR) is 105 cm³/mol. The first-order valence-electron chi connectivity index (χ1n) is 7.96. The van der Waals surface area contributed by atoms with Gasteiger partial charge in [0.1, 0.15) is 0 Å². The minimum atomic E-state index is 0.00909. The molecule has 0 fully saturated rings. The quantitative estimate of drug-likeness (QED) is 0.652. The van der Waals surface area contributed by atoms with Crippen LogP contribution in [0.25, 0.3) is 0 Å². The molecule has 3 aromatic carbocycles. The molecule has 0 saturated carbocycles. The van der Waals surface area contributed by atoms with Crippen molar-refractivity contribution in [2.75, 3.05) is 5.32 Å². The van der Waals surface area contributed by atoms with Gasteiger partial charge in [0.05, 0.1) is 6.04 Å². The molecule has 0 aliphatic carbocycles. The Hall–Kier alpha value is -2.65. The van der Waals surface area contributed by atoms with E-state index >= 15 is 0 Å². The highest BCUT2D eigenvalue weighted by molar-refractivity contribution is 7.80. The lowest BCUT2D eigenvalue weighted by molar-refractivity contribution is 0.768. The van der Waals surface area contributed by atoms with Gasteiger partial charge in [0.25, 0.3) is 0 Å². The highest BCUT2D eigenvalue weighted by Crippen LogP contribution is 2.23. The van der Waals surface area contributed by atoms with Crippen LogP contribution < -0.4 is 10.6 Å². The van der Waals surface area contributed by atoms with Gasteiger partial charge in [0.15, 0.2) is 5.11 Å². The molecule has 0 aliphatic heterocycles. The Kier molecular flexibility index (Phi) is 5.24. The standard InChI is InChI=1S/C21H20N2S/c1-16-9-8-12-18(15-16)20(17-10-4-2-5-11-17)23-21(24)22-19-13-6-3-7-14-19/h2-15,20H,1H3,(H2,22,23,24)/t20-/m0/s1. The molecule has 0 aromatic heterocycles. The van der Waals surface area contributed by atoms with Crippen molar-refractivity contribution in [3.05, 3.63) is 102 Å². The first kappa shape index (κ1) is 16.2. The Bertz CT molecular complexity index is 800. The molecule has 2 N–H and O–H groups in total. The molecule has 3 rings (SSSR count). The van der Waals surface area contributed by atoms with Gasteiger partial charge in [-0.15, -0.1) is 0 Å². The van der Waals surface area contributed by atoms with Crippen LogP contribution in [0.15, 0.2) is 84.9 Å². The number of anilines is 1. The minimum absolute atomic E-state index is 0.00909. The topological polar surface area (TPSA) is 24.1 Å². The fraction of sp³-hybridized carbons (Fsp3) is 0.0952. The lowest BCUT2D eigenvalue weighted by Gasteiger charge is -2.22. The van der Waals surface area contributed by atoms with E-state index in [4.69, 9.17) is 12.2 Å². The van der Waals surface area contributed by atoms with Crippen LogP contribution in [0.5, 0.6) is 0 Å². The zero-order valence-corrected chi connectivity index (χ0v) is 14.4. The van der Waals surface area contributed by atoms with E-state index in [0.29, 0.717) is 5.11 Å². The molecule has 0 spiro atoms. The number of hydrogen-bond acceptors (Lipinski definition) is 1. The van der Waals surface area contributed by atoms with Gasteiger partial charge in [-0.1, -0.05) is 78.4 Å². The number of hydrogen-bond donors (Lipinski definition) is 2. The van der Waals surface area contributed by atoms with Crippen LogP contribution in [0.1, 0.15) is 22.7 Å². The Morgan fingerprint density at radius 1 is 0.792 bits per heavy atom. The van der Waals surface area contributed by atoms with Crippen molar-refractivity contribution in [1.82, 2.24) is 5.32 Å². The van der Waals surface area contributed by atoms with Gasteiger partial charge >= 0.3 is 0 Å². The summed E-state index contributed by atoms with van der Waals surface area (Å²) < 4.78 is 0. The normalized spacial score (nSPS) is 11.5. The maximum atomic E-state index is 5.52. The average molecular weight is 332 g/mol. The van der Waals surface area contributed by atoms with E-state index in [-0.39, 0.29) is 6.04 Å². The smallest absolute Gasteiger partial charge is 0.171 e. The predicted octanol–water partition coefficient (Wildman–Crippen LogP) is 5.07. The van der Waals surface area contributed by atoms with E-state index in [1.54, 1.807) is 0 Å². The summed E-state index contributed by atoms with van der Waals surface area (Å²) in [5, 5.41) is 7.30. The van der Waals surface area contributed by atoms with Crippen LogP contribution in [0.3, 0.4) is 0 Å². The molecule has 120 valence electrons. The van der Waals surface area contributed by atoms with Gasteiger partial charge in [0, 0.05) is 5.69 Å². The number of thiocarbonyl (C=S) groups is 1. The fourth-order valence-electron chi connectivity index (χ4n) is 2.67. The average Bonchev–Trinajstić information content (AvgIpc) is 2.61. The summed E-state index contributed by atoms with van der Waals surface area (Å²) in [6, 6.07) is 28.8. The van der Waals surface area contributed by atoms with Gasteiger partial charge in [-0.2, -0.15) is 0 Å². The van der Waals surface area contributed by atoms with Crippen molar-refractivity contribution in [1.29, 1.82) is 0 Å². The summed E-state index contributed by atoms with van der Waals surface area (Å²) in [7, 11) is 0. The largest absolute Gasteiger partial charge is 0.352 e. The van der Waals surface area contributed by atoms with Crippen molar-refractivity contribution < 1.29 is 0 Å². The van der Waals surface area contributed by atoms with Crippen LogP contribution in [0.4, 0.5) is 5.69 Å². The molecule has 0 radical (unpaired) electrons. The van der Waals surface area contributed by atoms with Crippen molar-refractivity contribution >= 4 is 23.0 Å². The molecule has 3 heteroatoms. The van der Waals surface area contributed by atoms with E-state index in [1.165, 1.54) is 16.7 Å². The maximum absolute atomic E-state index is 5.52. The zero-order valence-electron chi connectivity index (χ0n) is 13.6. The van der Waals surface area contributed by atoms with Crippen LogP contribution >= 0.6 is 12.2 Å². The van der Waals surface area contributed by atoms with Gasteiger partial charge in [-0.3, -0.25) is 0 Å². The molecule has 1 atom stereocenters. The van der Waals surface area contributed by atoms with E-state index in [2.05, 4.69) is 54.0 Å². The Morgan fingerprint density at radius 3 is 2.08 bits per heavy atom. The summed E-state index contributed by atoms with van der Waals surface area (Å²) in [5.74, 6) is 0. The van der Waals surface area contributed by atoms with Gasteiger partial charge in [0.2, 0.25) is 0 Å². The molecule has 24 heavy (non-hydrogen) atoms. The second-order valence-corrected chi connectivity index (χ2v) is 6.13. The van der Waals surface area contributed by atoms with Gasteiger partial charge in [-0.05, 0) is 42.4 Å². The molecule has 2 nitrogen and oxygen atoms in total. The lowest BCUT2D eigenvalue weighted by Crippen LogP contribution is -2.33. The molecular weight excluding hydrogens is 312 g/mol. The molecule has 0 bridgehead atoms. The van der Waals surface area contributed by atoms with E-state index in [9.17, 15) is 0 Å². The van der Waals surface area contributed by atoms with Crippen molar-refractivity contribution in [3.8, 4) is 0 Å². The zero-order chi connectivity index (χ0) is 16.8. The van der Waals surface area contributed by atoms with Crippen LogP contribution in [0, 0.1) is 6.92 Å². The first-order valence-corrected chi connectivity index (χ1v) is 8.37. The molecule has 0 heterocycles. The Balaban J connectivity index is 1.84. The molecule has 0 unspecified atom stereocenters. The monoisotopic (exact) mass is 332 g/mol. The van der Waals surface area contributed by atoms with Crippen LogP contribution in [-0.2, 0) is 0 Å².